The van der Waals surface area contributed by atoms with E-state index in [1.54, 1.807) is 0 Å². The molecule has 0 saturated carbocycles. The Morgan fingerprint density at radius 3 is 2.60 bits per heavy atom. The van der Waals surface area contributed by atoms with Crippen LogP contribution in [0.2, 0.25) is 0 Å². The lowest BCUT2D eigenvalue weighted by atomic mass is 10.1. The van der Waals surface area contributed by atoms with Gasteiger partial charge in [0, 0.05) is 5.69 Å². The molecule has 0 spiro atoms. The van der Waals surface area contributed by atoms with Crippen LogP contribution in [0.1, 0.15) is 23.1 Å². The van der Waals surface area contributed by atoms with Crippen LogP contribution in [0.4, 0.5) is 10.8 Å². The van der Waals surface area contributed by atoms with Crippen LogP contribution in [-0.2, 0) is 4.79 Å². The lowest BCUT2D eigenvalue weighted by Gasteiger charge is -2.16. The molecule has 0 saturated heterocycles. The number of anilines is 2. The molecular weight excluding hydrogens is 272 g/mol. The van der Waals surface area contributed by atoms with Crippen molar-refractivity contribution >= 4 is 28.1 Å². The second kappa shape index (κ2) is 6.00. The summed E-state index contributed by atoms with van der Waals surface area (Å²) in [4.78, 5) is 12.1. The Kier molecular flexibility index (Phi) is 4.34. The highest BCUT2D eigenvalue weighted by atomic mass is 32.1. The van der Waals surface area contributed by atoms with E-state index in [1.165, 1.54) is 16.9 Å². The number of hydrogen-bond donors (Lipinski definition) is 2. The molecule has 1 aromatic heterocycles. The first-order valence-electron chi connectivity index (χ1n) is 6.40. The minimum Gasteiger partial charge on any atom is -0.374 e. The summed E-state index contributed by atoms with van der Waals surface area (Å²) in [7, 11) is 0. The number of rotatable bonds is 4. The van der Waals surface area contributed by atoms with Gasteiger partial charge in [0.25, 0.3) is 0 Å². The standard InChI is InChI=1S/C14H18N4OS/c1-8-5-6-12(9(2)7-8)15-10(3)13(19)16-14-18-17-11(4)20-14/h5-7,10,15H,1-4H3,(H,16,18,19). The Bertz CT molecular complexity index is 623. The normalized spacial score (nSPS) is 12.0. The van der Waals surface area contributed by atoms with E-state index in [1.807, 2.05) is 39.8 Å². The predicted molar refractivity (Wildman–Crippen MR) is 82.3 cm³/mol. The number of hydrogen-bond acceptors (Lipinski definition) is 5. The molecule has 0 fully saturated rings. The monoisotopic (exact) mass is 290 g/mol. The topological polar surface area (TPSA) is 66.9 Å². The summed E-state index contributed by atoms with van der Waals surface area (Å²) in [6.07, 6.45) is 0. The number of amides is 1. The number of aryl methyl sites for hydroxylation is 3. The third-order valence-corrected chi connectivity index (χ3v) is 3.66. The zero-order valence-corrected chi connectivity index (χ0v) is 12.8. The maximum atomic E-state index is 12.1. The van der Waals surface area contributed by atoms with E-state index in [0.717, 1.165) is 16.3 Å². The van der Waals surface area contributed by atoms with Gasteiger partial charge in [0.2, 0.25) is 11.0 Å². The first kappa shape index (κ1) is 14.5. The SMILES string of the molecule is Cc1ccc(NC(C)C(=O)Nc2nnc(C)s2)c(C)c1. The van der Waals surface area contributed by atoms with Crippen molar-refractivity contribution in [1.29, 1.82) is 0 Å². The smallest absolute Gasteiger partial charge is 0.248 e. The molecule has 1 aromatic carbocycles. The molecule has 1 unspecified atom stereocenters. The first-order valence-corrected chi connectivity index (χ1v) is 7.22. The molecule has 0 bridgehead atoms. The molecule has 5 nitrogen and oxygen atoms in total. The van der Waals surface area contributed by atoms with Gasteiger partial charge in [-0.05, 0) is 39.3 Å². The van der Waals surface area contributed by atoms with Crippen LogP contribution in [0, 0.1) is 20.8 Å². The quantitative estimate of drug-likeness (QED) is 0.908. The lowest BCUT2D eigenvalue weighted by Crippen LogP contribution is -2.32. The molecule has 0 aliphatic heterocycles. The maximum Gasteiger partial charge on any atom is 0.248 e. The average molecular weight is 290 g/mol. The third-order valence-electron chi connectivity index (χ3n) is 2.90. The second-order valence-corrected chi connectivity index (χ2v) is 5.98. The minimum absolute atomic E-state index is 0.124. The van der Waals surface area contributed by atoms with E-state index in [0.29, 0.717) is 5.13 Å². The van der Waals surface area contributed by atoms with Crippen LogP contribution in [0.15, 0.2) is 18.2 Å². The fraction of sp³-hybridized carbons (Fsp3) is 0.357. The van der Waals surface area contributed by atoms with Crippen molar-refractivity contribution in [2.45, 2.75) is 33.7 Å². The number of carbonyl (C=O) groups is 1. The van der Waals surface area contributed by atoms with Gasteiger partial charge in [-0.25, -0.2) is 0 Å². The second-order valence-electron chi connectivity index (χ2n) is 4.80. The highest BCUT2D eigenvalue weighted by Crippen LogP contribution is 2.18. The molecule has 2 N–H and O–H groups in total. The van der Waals surface area contributed by atoms with Crippen molar-refractivity contribution < 1.29 is 4.79 Å². The van der Waals surface area contributed by atoms with Gasteiger partial charge in [-0.2, -0.15) is 0 Å². The number of nitrogens with one attached hydrogen (secondary N) is 2. The number of benzene rings is 1. The largest absolute Gasteiger partial charge is 0.374 e. The summed E-state index contributed by atoms with van der Waals surface area (Å²) in [5, 5.41) is 15.1. The van der Waals surface area contributed by atoms with Crippen molar-refractivity contribution in [1.82, 2.24) is 10.2 Å². The summed E-state index contributed by atoms with van der Waals surface area (Å²) in [5.74, 6) is -0.124. The Hall–Kier alpha value is -1.95. The van der Waals surface area contributed by atoms with Gasteiger partial charge in [-0.15, -0.1) is 10.2 Å². The average Bonchev–Trinajstić information content (AvgIpc) is 2.78. The Balaban J connectivity index is 2.00. The van der Waals surface area contributed by atoms with Crippen molar-refractivity contribution in [3.63, 3.8) is 0 Å². The van der Waals surface area contributed by atoms with Gasteiger partial charge < -0.3 is 5.32 Å². The predicted octanol–water partition coefficient (Wildman–Crippen LogP) is 2.90. The van der Waals surface area contributed by atoms with E-state index in [2.05, 4.69) is 26.9 Å². The van der Waals surface area contributed by atoms with Gasteiger partial charge in [0.05, 0.1) is 0 Å². The molecule has 106 valence electrons. The molecule has 0 aliphatic rings. The summed E-state index contributed by atoms with van der Waals surface area (Å²) in [6, 6.07) is 5.75. The number of carbonyl (C=O) groups excluding carboxylic acids is 1. The van der Waals surface area contributed by atoms with Crippen LogP contribution in [-0.4, -0.2) is 22.1 Å². The minimum atomic E-state index is -0.347. The molecule has 6 heteroatoms. The van der Waals surface area contributed by atoms with Gasteiger partial charge in [-0.1, -0.05) is 29.0 Å². The van der Waals surface area contributed by atoms with Gasteiger partial charge in [0.15, 0.2) is 0 Å². The van der Waals surface area contributed by atoms with Crippen molar-refractivity contribution in [3.05, 3.63) is 34.3 Å². The van der Waals surface area contributed by atoms with Crippen LogP contribution < -0.4 is 10.6 Å². The van der Waals surface area contributed by atoms with Crippen LogP contribution in [0.3, 0.4) is 0 Å². The summed E-state index contributed by atoms with van der Waals surface area (Å²) < 4.78 is 0. The molecule has 20 heavy (non-hydrogen) atoms. The molecule has 1 amide bonds. The molecular formula is C14H18N4OS. The fourth-order valence-corrected chi connectivity index (χ4v) is 2.43. The number of aromatic nitrogens is 2. The fourth-order valence-electron chi connectivity index (χ4n) is 1.84. The zero-order chi connectivity index (χ0) is 14.7. The highest BCUT2D eigenvalue weighted by Gasteiger charge is 2.15. The lowest BCUT2D eigenvalue weighted by molar-refractivity contribution is -0.116. The van der Waals surface area contributed by atoms with Gasteiger partial charge >= 0.3 is 0 Å². The molecule has 2 rings (SSSR count). The van der Waals surface area contributed by atoms with Crippen LogP contribution in [0.5, 0.6) is 0 Å². The third kappa shape index (κ3) is 3.54. The molecule has 1 heterocycles. The van der Waals surface area contributed by atoms with Crippen molar-refractivity contribution in [3.8, 4) is 0 Å². The Labute approximate surface area is 122 Å². The molecule has 0 aliphatic carbocycles. The van der Waals surface area contributed by atoms with E-state index < -0.39 is 0 Å². The Morgan fingerprint density at radius 1 is 1.25 bits per heavy atom. The maximum absolute atomic E-state index is 12.1. The van der Waals surface area contributed by atoms with E-state index in [9.17, 15) is 4.79 Å². The summed E-state index contributed by atoms with van der Waals surface area (Å²) >= 11 is 1.36. The molecule has 0 radical (unpaired) electrons. The summed E-state index contributed by atoms with van der Waals surface area (Å²) in [5.41, 5.74) is 3.29. The number of nitrogens with zero attached hydrogens (tertiary/aromatic N) is 2. The van der Waals surface area contributed by atoms with Crippen molar-refractivity contribution in [2.24, 2.45) is 0 Å². The molecule has 2 aromatic rings. The van der Waals surface area contributed by atoms with Crippen LogP contribution >= 0.6 is 11.3 Å². The van der Waals surface area contributed by atoms with E-state index in [4.69, 9.17) is 0 Å². The highest BCUT2D eigenvalue weighted by molar-refractivity contribution is 7.15. The van der Waals surface area contributed by atoms with Gasteiger partial charge in [-0.3, -0.25) is 10.1 Å². The zero-order valence-electron chi connectivity index (χ0n) is 12.0. The first-order chi connectivity index (χ1) is 9.45. The summed E-state index contributed by atoms with van der Waals surface area (Å²) in [6.45, 7) is 7.74. The van der Waals surface area contributed by atoms with E-state index in [-0.39, 0.29) is 11.9 Å². The van der Waals surface area contributed by atoms with E-state index >= 15 is 0 Å². The Morgan fingerprint density at radius 2 is 2.00 bits per heavy atom. The van der Waals surface area contributed by atoms with Crippen LogP contribution in [0.25, 0.3) is 0 Å². The van der Waals surface area contributed by atoms with Gasteiger partial charge in [0.1, 0.15) is 11.0 Å². The van der Waals surface area contributed by atoms with Crippen molar-refractivity contribution in [2.75, 3.05) is 10.6 Å². The molecule has 1 atom stereocenters.